The van der Waals surface area contributed by atoms with Crippen LogP contribution in [-0.2, 0) is 6.54 Å². The molecule has 0 saturated carbocycles. The van der Waals surface area contributed by atoms with Gasteiger partial charge in [-0.2, -0.15) is 0 Å². The molecule has 0 spiro atoms. The molecule has 20 heavy (non-hydrogen) atoms. The van der Waals surface area contributed by atoms with E-state index >= 15 is 0 Å². The van der Waals surface area contributed by atoms with Gasteiger partial charge >= 0.3 is 0 Å². The average Bonchev–Trinajstić information content (AvgIpc) is 2.46. The van der Waals surface area contributed by atoms with Crippen LogP contribution >= 0.6 is 0 Å². The smallest absolute Gasteiger partial charge is 0.0600 e. The zero-order chi connectivity index (χ0) is 14.5. The van der Waals surface area contributed by atoms with Crippen molar-refractivity contribution in [3.05, 3.63) is 53.6 Å². The highest BCUT2D eigenvalue weighted by atomic mass is 15.1. The van der Waals surface area contributed by atoms with Gasteiger partial charge in [-0.3, -0.25) is 9.97 Å². The van der Waals surface area contributed by atoms with Crippen LogP contribution in [0.2, 0.25) is 0 Å². The highest BCUT2D eigenvalue weighted by molar-refractivity contribution is 5.44. The van der Waals surface area contributed by atoms with Crippen LogP contribution < -0.4 is 10.6 Å². The van der Waals surface area contributed by atoms with Gasteiger partial charge in [-0.15, -0.1) is 0 Å². The quantitative estimate of drug-likeness (QED) is 0.907. The molecule has 0 amide bonds. The molecule has 2 heterocycles. The lowest BCUT2D eigenvalue weighted by Crippen LogP contribution is -2.18. The Morgan fingerprint density at radius 1 is 1.25 bits per heavy atom. The van der Waals surface area contributed by atoms with Crippen LogP contribution in [0.1, 0.15) is 36.5 Å². The first kappa shape index (κ1) is 14.5. The molecule has 2 rings (SSSR count). The minimum Gasteiger partial charge on any atom is -0.367 e. The normalized spacial score (nSPS) is 12.2. The second-order valence-electron chi connectivity index (χ2n) is 5.08. The fourth-order valence-electron chi connectivity index (χ4n) is 2.07. The van der Waals surface area contributed by atoms with E-state index in [0.29, 0.717) is 0 Å². The minimum absolute atomic E-state index is 0.0211. The highest BCUT2D eigenvalue weighted by Crippen LogP contribution is 2.17. The molecule has 2 N–H and O–H groups in total. The summed E-state index contributed by atoms with van der Waals surface area (Å²) in [5.41, 5.74) is 10.1. The second kappa shape index (κ2) is 6.48. The van der Waals surface area contributed by atoms with E-state index in [0.717, 1.165) is 35.7 Å². The lowest BCUT2D eigenvalue weighted by molar-refractivity contribution is 0.675. The van der Waals surface area contributed by atoms with Crippen LogP contribution in [0.3, 0.4) is 0 Å². The second-order valence-corrected chi connectivity index (χ2v) is 5.08. The van der Waals surface area contributed by atoms with E-state index < -0.39 is 0 Å². The number of nitrogens with two attached hydrogens (primary N) is 1. The summed E-state index contributed by atoms with van der Waals surface area (Å²) in [6.45, 7) is 4.84. The Morgan fingerprint density at radius 2 is 2.05 bits per heavy atom. The van der Waals surface area contributed by atoms with Crippen molar-refractivity contribution in [2.75, 3.05) is 11.9 Å². The summed E-state index contributed by atoms with van der Waals surface area (Å²) in [6.07, 6.45) is 2.77. The fourth-order valence-corrected chi connectivity index (χ4v) is 2.07. The van der Waals surface area contributed by atoms with Crippen molar-refractivity contribution < 1.29 is 0 Å². The van der Waals surface area contributed by atoms with E-state index in [2.05, 4.69) is 27.9 Å². The summed E-state index contributed by atoms with van der Waals surface area (Å²) >= 11 is 0. The topological polar surface area (TPSA) is 55.0 Å². The van der Waals surface area contributed by atoms with Gasteiger partial charge in [-0.05, 0) is 37.6 Å². The van der Waals surface area contributed by atoms with Crippen molar-refractivity contribution in [3.8, 4) is 0 Å². The summed E-state index contributed by atoms with van der Waals surface area (Å²) in [5, 5.41) is 0. The van der Waals surface area contributed by atoms with Crippen LogP contribution in [0.5, 0.6) is 0 Å². The van der Waals surface area contributed by atoms with Gasteiger partial charge in [0.1, 0.15) is 0 Å². The van der Waals surface area contributed by atoms with Gasteiger partial charge < -0.3 is 10.6 Å². The van der Waals surface area contributed by atoms with E-state index in [1.807, 2.05) is 44.4 Å². The number of pyridine rings is 2. The van der Waals surface area contributed by atoms with Gasteiger partial charge in [-0.1, -0.05) is 13.0 Å². The molecule has 0 aromatic carbocycles. The van der Waals surface area contributed by atoms with Crippen LogP contribution in [0.4, 0.5) is 5.69 Å². The summed E-state index contributed by atoms with van der Waals surface area (Å²) in [7, 11) is 2.04. The third kappa shape index (κ3) is 3.54. The Morgan fingerprint density at radius 3 is 2.65 bits per heavy atom. The lowest BCUT2D eigenvalue weighted by Gasteiger charge is -2.19. The number of anilines is 1. The molecule has 0 aliphatic rings. The SMILES string of the molecule is CCC(N)c1ccc(N(C)Cc2cccc(C)n2)cn1. The van der Waals surface area contributed by atoms with Crippen LogP contribution in [-0.4, -0.2) is 17.0 Å². The number of hydrogen-bond acceptors (Lipinski definition) is 4. The van der Waals surface area contributed by atoms with Crippen molar-refractivity contribution in [1.29, 1.82) is 0 Å². The maximum Gasteiger partial charge on any atom is 0.0600 e. The van der Waals surface area contributed by atoms with Gasteiger partial charge in [0.2, 0.25) is 0 Å². The van der Waals surface area contributed by atoms with Gasteiger partial charge in [0.25, 0.3) is 0 Å². The predicted octanol–water partition coefficient (Wildman–Crippen LogP) is 2.83. The molecule has 0 fully saturated rings. The first-order valence-corrected chi connectivity index (χ1v) is 6.95. The maximum atomic E-state index is 5.97. The number of hydrogen-bond donors (Lipinski definition) is 1. The standard InChI is InChI=1S/C16H22N4/c1-4-15(17)16-9-8-14(10-18-16)20(3)11-13-7-5-6-12(2)19-13/h5-10,15H,4,11,17H2,1-3H3. The minimum atomic E-state index is 0.0211. The van der Waals surface area contributed by atoms with Gasteiger partial charge in [-0.25, -0.2) is 0 Å². The van der Waals surface area contributed by atoms with Gasteiger partial charge in [0, 0.05) is 18.8 Å². The summed E-state index contributed by atoms with van der Waals surface area (Å²) in [6, 6.07) is 10.2. The maximum absolute atomic E-state index is 5.97. The van der Waals surface area contributed by atoms with E-state index in [1.165, 1.54) is 0 Å². The first-order chi connectivity index (χ1) is 9.60. The molecule has 0 aliphatic carbocycles. The molecular weight excluding hydrogens is 248 g/mol. The number of aryl methyl sites for hydroxylation is 1. The number of aromatic nitrogens is 2. The van der Waals surface area contributed by atoms with Crippen molar-refractivity contribution in [3.63, 3.8) is 0 Å². The van der Waals surface area contributed by atoms with Gasteiger partial charge in [0.05, 0.1) is 29.8 Å². The predicted molar refractivity (Wildman–Crippen MR) is 82.5 cm³/mol. The molecule has 0 aliphatic heterocycles. The molecule has 0 bridgehead atoms. The molecule has 4 nitrogen and oxygen atoms in total. The summed E-state index contributed by atoms with van der Waals surface area (Å²) in [5.74, 6) is 0. The van der Waals surface area contributed by atoms with E-state index in [1.54, 1.807) is 0 Å². The molecular formula is C16H22N4. The van der Waals surface area contributed by atoms with Crippen molar-refractivity contribution in [1.82, 2.24) is 9.97 Å². The zero-order valence-corrected chi connectivity index (χ0v) is 12.4. The molecule has 106 valence electrons. The Hall–Kier alpha value is -1.94. The Balaban J connectivity index is 2.07. The van der Waals surface area contributed by atoms with Gasteiger partial charge in [0.15, 0.2) is 0 Å². The molecule has 1 unspecified atom stereocenters. The molecule has 0 saturated heterocycles. The fraction of sp³-hybridized carbons (Fsp3) is 0.375. The van der Waals surface area contributed by atoms with Crippen LogP contribution in [0.25, 0.3) is 0 Å². The largest absolute Gasteiger partial charge is 0.367 e. The lowest BCUT2D eigenvalue weighted by atomic mass is 10.1. The summed E-state index contributed by atoms with van der Waals surface area (Å²) < 4.78 is 0. The number of rotatable bonds is 5. The molecule has 2 aromatic heterocycles. The Kier molecular flexibility index (Phi) is 4.69. The molecule has 4 heteroatoms. The average molecular weight is 270 g/mol. The van der Waals surface area contributed by atoms with Crippen molar-refractivity contribution in [2.45, 2.75) is 32.9 Å². The molecule has 2 aromatic rings. The van der Waals surface area contributed by atoms with Crippen molar-refractivity contribution >= 4 is 5.69 Å². The third-order valence-electron chi connectivity index (χ3n) is 3.38. The Bertz CT molecular complexity index is 551. The zero-order valence-electron chi connectivity index (χ0n) is 12.4. The monoisotopic (exact) mass is 270 g/mol. The number of nitrogens with zero attached hydrogens (tertiary/aromatic N) is 3. The molecule has 1 atom stereocenters. The third-order valence-corrected chi connectivity index (χ3v) is 3.38. The van der Waals surface area contributed by atoms with Crippen LogP contribution in [0.15, 0.2) is 36.5 Å². The van der Waals surface area contributed by atoms with Crippen LogP contribution in [0, 0.1) is 6.92 Å². The summed E-state index contributed by atoms with van der Waals surface area (Å²) in [4.78, 5) is 11.1. The van der Waals surface area contributed by atoms with E-state index in [9.17, 15) is 0 Å². The first-order valence-electron chi connectivity index (χ1n) is 6.95. The highest BCUT2D eigenvalue weighted by Gasteiger charge is 2.07. The van der Waals surface area contributed by atoms with Crippen molar-refractivity contribution in [2.24, 2.45) is 5.73 Å². The van der Waals surface area contributed by atoms with E-state index in [-0.39, 0.29) is 6.04 Å². The van der Waals surface area contributed by atoms with E-state index in [4.69, 9.17) is 5.73 Å². The Labute approximate surface area is 120 Å². The molecule has 0 radical (unpaired) electrons.